The van der Waals surface area contributed by atoms with Crippen molar-refractivity contribution in [1.82, 2.24) is 9.97 Å². The first-order chi connectivity index (χ1) is 8.29. The average molecular weight is 278 g/mol. The van der Waals surface area contributed by atoms with Crippen molar-refractivity contribution >= 4 is 21.0 Å². The molecule has 0 N–H and O–H groups in total. The quantitative estimate of drug-likeness (QED) is 0.619. The summed E-state index contributed by atoms with van der Waals surface area (Å²) in [6.45, 7) is 0. The zero-order valence-electron chi connectivity index (χ0n) is 8.55. The van der Waals surface area contributed by atoms with Gasteiger partial charge in [-0.3, -0.25) is 4.98 Å². The summed E-state index contributed by atoms with van der Waals surface area (Å²) in [4.78, 5) is 7.41. The topological polar surface area (TPSA) is 69.2 Å². The fourth-order valence-electron chi connectivity index (χ4n) is 1.15. The average Bonchev–Trinajstić information content (AvgIpc) is 2.27. The van der Waals surface area contributed by atoms with E-state index in [9.17, 15) is 21.6 Å². The number of hydrogen-bond donors (Lipinski definition) is 0. The van der Waals surface area contributed by atoms with E-state index < -0.39 is 21.5 Å². The Morgan fingerprint density at radius 3 is 2.56 bits per heavy atom. The van der Waals surface area contributed by atoms with Crippen LogP contribution in [0.2, 0.25) is 0 Å². The number of fused-ring (bicyclic) bond motifs is 1. The van der Waals surface area contributed by atoms with Crippen LogP contribution in [0, 0.1) is 0 Å². The molecule has 0 amide bonds. The molecule has 0 unspecified atom stereocenters. The lowest BCUT2D eigenvalue weighted by Gasteiger charge is -2.08. The maximum atomic E-state index is 12.1. The summed E-state index contributed by atoms with van der Waals surface area (Å²) in [5, 5.41) is 0.550. The Morgan fingerprint density at radius 1 is 1.17 bits per heavy atom. The van der Waals surface area contributed by atoms with E-state index in [2.05, 4.69) is 14.2 Å². The zero-order chi connectivity index (χ0) is 13.4. The Kier molecular flexibility index (Phi) is 2.85. The molecule has 0 saturated carbocycles. The van der Waals surface area contributed by atoms with E-state index in [4.69, 9.17) is 0 Å². The van der Waals surface area contributed by atoms with Crippen molar-refractivity contribution in [2.24, 2.45) is 0 Å². The van der Waals surface area contributed by atoms with Gasteiger partial charge in [0.15, 0.2) is 0 Å². The van der Waals surface area contributed by atoms with Crippen LogP contribution in [-0.4, -0.2) is 23.9 Å². The van der Waals surface area contributed by atoms with Crippen LogP contribution in [0.25, 0.3) is 10.9 Å². The van der Waals surface area contributed by atoms with Crippen LogP contribution in [0.15, 0.2) is 30.6 Å². The molecule has 0 aliphatic rings. The maximum Gasteiger partial charge on any atom is 0.534 e. The molecule has 0 atom stereocenters. The van der Waals surface area contributed by atoms with Crippen LogP contribution in [0.5, 0.6) is 5.88 Å². The van der Waals surface area contributed by atoms with Gasteiger partial charge in [-0.2, -0.15) is 21.6 Å². The summed E-state index contributed by atoms with van der Waals surface area (Å²) in [5.41, 5.74) is -5.21. The van der Waals surface area contributed by atoms with Gasteiger partial charge in [0.2, 0.25) is 5.88 Å². The molecule has 0 radical (unpaired) electrons. The molecule has 0 saturated heterocycles. The zero-order valence-corrected chi connectivity index (χ0v) is 9.36. The van der Waals surface area contributed by atoms with Crippen LogP contribution < -0.4 is 4.18 Å². The number of halogens is 3. The van der Waals surface area contributed by atoms with E-state index in [0.29, 0.717) is 5.39 Å². The van der Waals surface area contributed by atoms with Crippen molar-refractivity contribution in [1.29, 1.82) is 0 Å². The van der Waals surface area contributed by atoms with Gasteiger partial charge in [-0.05, 0) is 12.1 Å². The van der Waals surface area contributed by atoms with Gasteiger partial charge >= 0.3 is 15.6 Å². The highest BCUT2D eigenvalue weighted by Crippen LogP contribution is 2.26. The van der Waals surface area contributed by atoms with E-state index >= 15 is 0 Å². The van der Waals surface area contributed by atoms with E-state index in [1.165, 1.54) is 24.5 Å². The van der Waals surface area contributed by atoms with Gasteiger partial charge in [0.1, 0.15) is 0 Å². The largest absolute Gasteiger partial charge is 0.534 e. The molecule has 2 heterocycles. The number of rotatable bonds is 2. The minimum atomic E-state index is -5.70. The number of pyridine rings is 2. The molecule has 0 bridgehead atoms. The Balaban J connectivity index is 2.39. The summed E-state index contributed by atoms with van der Waals surface area (Å²) in [7, 11) is -5.70. The van der Waals surface area contributed by atoms with Gasteiger partial charge < -0.3 is 4.18 Å². The van der Waals surface area contributed by atoms with Crippen LogP contribution in [0.1, 0.15) is 0 Å². The lowest BCUT2D eigenvalue weighted by molar-refractivity contribution is -0.0501. The predicted molar refractivity (Wildman–Crippen MR) is 55.1 cm³/mol. The smallest absolute Gasteiger partial charge is 0.355 e. The Bertz CT molecular complexity index is 685. The highest BCUT2D eigenvalue weighted by atomic mass is 32.2. The fraction of sp³-hybridized carbons (Fsp3) is 0.111. The summed E-state index contributed by atoms with van der Waals surface area (Å²) < 4.78 is 61.7. The van der Waals surface area contributed by atoms with Crippen molar-refractivity contribution in [3.63, 3.8) is 0 Å². The summed E-state index contributed by atoms with van der Waals surface area (Å²) >= 11 is 0. The normalized spacial score (nSPS) is 12.6. The molecule has 9 heteroatoms. The number of alkyl halides is 3. The lowest BCUT2D eigenvalue weighted by atomic mass is 10.3. The maximum absolute atomic E-state index is 12.1. The molecule has 0 aromatic carbocycles. The van der Waals surface area contributed by atoms with E-state index in [1.807, 2.05) is 0 Å². The fourth-order valence-corrected chi connectivity index (χ4v) is 1.56. The van der Waals surface area contributed by atoms with Crippen LogP contribution >= 0.6 is 0 Å². The molecule has 0 fully saturated rings. The first kappa shape index (κ1) is 12.6. The minimum Gasteiger partial charge on any atom is -0.355 e. The highest BCUT2D eigenvalue weighted by Gasteiger charge is 2.48. The minimum absolute atomic E-state index is 0.278. The molecule has 2 rings (SSSR count). The van der Waals surface area contributed by atoms with Crippen molar-refractivity contribution in [3.05, 3.63) is 30.6 Å². The number of nitrogens with zero attached hydrogens (tertiary/aromatic N) is 2. The van der Waals surface area contributed by atoms with E-state index in [1.54, 1.807) is 0 Å². The predicted octanol–water partition coefficient (Wildman–Crippen LogP) is 1.86. The first-order valence-electron chi connectivity index (χ1n) is 4.51. The van der Waals surface area contributed by atoms with E-state index in [0.717, 1.165) is 6.07 Å². The van der Waals surface area contributed by atoms with Crippen LogP contribution in [0.3, 0.4) is 0 Å². The third-order valence-corrected chi connectivity index (χ3v) is 2.90. The highest BCUT2D eigenvalue weighted by molar-refractivity contribution is 7.87. The second kappa shape index (κ2) is 4.09. The van der Waals surface area contributed by atoms with Crippen molar-refractivity contribution in [2.75, 3.05) is 0 Å². The van der Waals surface area contributed by atoms with Crippen molar-refractivity contribution in [3.8, 4) is 5.88 Å². The summed E-state index contributed by atoms with van der Waals surface area (Å²) in [6, 6.07) is 3.80. The monoisotopic (exact) mass is 278 g/mol. The SMILES string of the molecule is O=S(=O)(Oc1ccc2cnccc2n1)C(F)(F)F. The van der Waals surface area contributed by atoms with Gasteiger partial charge in [-0.1, -0.05) is 0 Å². The van der Waals surface area contributed by atoms with Crippen LogP contribution in [0.4, 0.5) is 13.2 Å². The first-order valence-corrected chi connectivity index (χ1v) is 5.92. The molecule has 96 valence electrons. The van der Waals surface area contributed by atoms with Crippen molar-refractivity contribution < 1.29 is 25.8 Å². The number of hydrogen-bond acceptors (Lipinski definition) is 5. The second-order valence-electron chi connectivity index (χ2n) is 3.20. The molecule has 0 aliphatic carbocycles. The Hall–Kier alpha value is -1.90. The third kappa shape index (κ3) is 2.35. The summed E-state index contributed by atoms with van der Waals surface area (Å²) in [6.07, 6.45) is 2.81. The Morgan fingerprint density at radius 2 is 1.89 bits per heavy atom. The van der Waals surface area contributed by atoms with Gasteiger partial charge in [0, 0.05) is 23.8 Å². The Labute approximate surface area is 99.4 Å². The summed E-state index contributed by atoms with van der Waals surface area (Å²) in [5.74, 6) is -0.647. The second-order valence-corrected chi connectivity index (χ2v) is 4.74. The molecule has 0 spiro atoms. The molecule has 5 nitrogen and oxygen atoms in total. The molecular weight excluding hydrogens is 273 g/mol. The number of aromatic nitrogens is 2. The molecular formula is C9H5F3N2O3S. The lowest BCUT2D eigenvalue weighted by Crippen LogP contribution is -2.28. The van der Waals surface area contributed by atoms with Crippen molar-refractivity contribution in [2.45, 2.75) is 5.51 Å². The molecule has 18 heavy (non-hydrogen) atoms. The van der Waals surface area contributed by atoms with Gasteiger partial charge in [0.25, 0.3) is 0 Å². The van der Waals surface area contributed by atoms with E-state index in [-0.39, 0.29) is 5.52 Å². The van der Waals surface area contributed by atoms with Gasteiger partial charge in [0.05, 0.1) is 5.52 Å². The van der Waals surface area contributed by atoms with Gasteiger partial charge in [-0.25, -0.2) is 4.98 Å². The standard InChI is InChI=1S/C9H5F3N2O3S/c10-9(11,12)18(15,16)17-8-2-1-6-5-13-4-3-7(6)14-8/h1-5H. The third-order valence-electron chi connectivity index (χ3n) is 1.94. The van der Waals surface area contributed by atoms with Crippen LogP contribution in [-0.2, 0) is 10.1 Å². The van der Waals surface area contributed by atoms with Gasteiger partial charge in [-0.15, -0.1) is 0 Å². The molecule has 2 aromatic rings. The molecule has 2 aromatic heterocycles. The molecule has 0 aliphatic heterocycles.